The summed E-state index contributed by atoms with van der Waals surface area (Å²) < 4.78 is 0. The molecule has 0 amide bonds. The van der Waals surface area contributed by atoms with E-state index in [0.717, 1.165) is 13.1 Å². The first-order valence-electron chi connectivity index (χ1n) is 5.87. The molecule has 1 heteroatoms. The number of rotatable bonds is 6. The lowest BCUT2D eigenvalue weighted by molar-refractivity contribution is 0.365. The lowest BCUT2D eigenvalue weighted by Crippen LogP contribution is -2.21. The maximum atomic E-state index is 3.65. The van der Waals surface area contributed by atoms with E-state index in [9.17, 15) is 0 Å². The third-order valence-corrected chi connectivity index (χ3v) is 1.87. The Kier molecular flexibility index (Phi) is 14.6. The Hall–Kier alpha value is -0.820. The third-order valence-electron chi connectivity index (χ3n) is 1.87. The van der Waals surface area contributed by atoms with E-state index in [0.29, 0.717) is 0 Å². The Morgan fingerprint density at radius 3 is 2.33 bits per heavy atom. The van der Waals surface area contributed by atoms with E-state index in [-0.39, 0.29) is 0 Å². The second-order valence-electron chi connectivity index (χ2n) is 3.20. The van der Waals surface area contributed by atoms with Gasteiger partial charge in [0, 0.05) is 6.54 Å². The van der Waals surface area contributed by atoms with Crippen LogP contribution in [0.15, 0.2) is 36.5 Å². The van der Waals surface area contributed by atoms with Crippen LogP contribution >= 0.6 is 0 Å². The Morgan fingerprint density at radius 2 is 1.93 bits per heavy atom. The van der Waals surface area contributed by atoms with Crippen molar-refractivity contribution in [1.82, 2.24) is 4.90 Å². The fraction of sp³-hybridized carbons (Fsp3) is 0.571. The van der Waals surface area contributed by atoms with Crippen LogP contribution in [0.4, 0.5) is 0 Å². The molecule has 0 aromatic rings. The van der Waals surface area contributed by atoms with Gasteiger partial charge in [-0.15, -0.1) is 0 Å². The van der Waals surface area contributed by atoms with Gasteiger partial charge >= 0.3 is 0 Å². The maximum absolute atomic E-state index is 3.65. The van der Waals surface area contributed by atoms with Crippen LogP contribution in [-0.2, 0) is 0 Å². The zero-order valence-electron chi connectivity index (χ0n) is 11.1. The Morgan fingerprint density at radius 1 is 1.33 bits per heavy atom. The monoisotopic (exact) mass is 209 g/mol. The molecule has 0 unspecified atom stereocenters. The molecule has 0 N–H and O–H groups in total. The molecule has 1 nitrogen and oxygen atoms in total. The molecule has 0 radical (unpaired) electrons. The summed E-state index contributed by atoms with van der Waals surface area (Å²) in [5.41, 5.74) is 1.34. The molecule has 0 aromatic carbocycles. The van der Waals surface area contributed by atoms with E-state index in [2.05, 4.69) is 44.5 Å². The van der Waals surface area contributed by atoms with Gasteiger partial charge in [0.05, 0.1) is 0 Å². The van der Waals surface area contributed by atoms with Gasteiger partial charge in [0.2, 0.25) is 0 Å². The highest BCUT2D eigenvalue weighted by Crippen LogP contribution is 2.00. The van der Waals surface area contributed by atoms with Crippen LogP contribution in [0.25, 0.3) is 0 Å². The minimum absolute atomic E-state index is 1.02. The fourth-order valence-corrected chi connectivity index (χ4v) is 1.20. The highest BCUT2D eigenvalue weighted by Gasteiger charge is 1.97. The summed E-state index contributed by atoms with van der Waals surface area (Å²) in [7, 11) is 2.15. The molecule has 88 valence electrons. The summed E-state index contributed by atoms with van der Waals surface area (Å²) in [6, 6.07) is 0. The lowest BCUT2D eigenvalue weighted by atomic mass is 10.2. The molecule has 0 heterocycles. The molecule has 0 atom stereocenters. The first-order valence-corrected chi connectivity index (χ1v) is 5.87. The van der Waals surface area contributed by atoms with Crippen molar-refractivity contribution in [2.75, 3.05) is 20.1 Å². The molecule has 0 rings (SSSR count). The van der Waals surface area contributed by atoms with Crippen LogP contribution in [0.2, 0.25) is 0 Å². The molecule has 0 aliphatic carbocycles. The van der Waals surface area contributed by atoms with Crippen LogP contribution < -0.4 is 0 Å². The highest BCUT2D eigenvalue weighted by molar-refractivity contribution is 5.22. The van der Waals surface area contributed by atoms with E-state index in [1.165, 1.54) is 12.0 Å². The quantitative estimate of drug-likeness (QED) is 0.597. The molecular weight excluding hydrogens is 182 g/mol. The Bertz CT molecular complexity index is 190. The fourth-order valence-electron chi connectivity index (χ4n) is 1.20. The zero-order valence-corrected chi connectivity index (χ0v) is 11.1. The van der Waals surface area contributed by atoms with Gasteiger partial charge < -0.3 is 4.90 Å². The topological polar surface area (TPSA) is 3.24 Å². The summed E-state index contributed by atoms with van der Waals surface area (Å²) >= 11 is 0. The van der Waals surface area contributed by atoms with Crippen molar-refractivity contribution in [3.63, 3.8) is 0 Å². The van der Waals surface area contributed by atoms with Gasteiger partial charge in [0.15, 0.2) is 0 Å². The smallest absolute Gasteiger partial charge is 0.0227 e. The van der Waals surface area contributed by atoms with Crippen molar-refractivity contribution in [3.8, 4) is 0 Å². The van der Waals surface area contributed by atoms with E-state index < -0.39 is 0 Å². The number of likely N-dealkylation sites (N-methyl/N-ethyl adjacent to an activating group) is 1. The van der Waals surface area contributed by atoms with Crippen molar-refractivity contribution >= 4 is 0 Å². The summed E-state index contributed by atoms with van der Waals surface area (Å²) in [6.07, 6.45) is 9.25. The minimum Gasteiger partial charge on any atom is -0.302 e. The van der Waals surface area contributed by atoms with Crippen LogP contribution in [0.1, 0.15) is 34.1 Å². The average molecular weight is 209 g/mol. The molecule has 0 spiro atoms. The molecule has 0 aliphatic rings. The van der Waals surface area contributed by atoms with Gasteiger partial charge in [0.25, 0.3) is 0 Å². The number of hydrogen-bond donors (Lipinski definition) is 0. The maximum Gasteiger partial charge on any atom is 0.0227 e. The molecule has 15 heavy (non-hydrogen) atoms. The van der Waals surface area contributed by atoms with E-state index in [1.807, 2.05) is 26.0 Å². The van der Waals surface area contributed by atoms with Crippen molar-refractivity contribution in [2.45, 2.75) is 34.1 Å². The van der Waals surface area contributed by atoms with Gasteiger partial charge in [-0.3, -0.25) is 0 Å². The Balaban J connectivity index is 0. The molecule has 0 saturated heterocycles. The van der Waals surface area contributed by atoms with Crippen LogP contribution in [0.5, 0.6) is 0 Å². The van der Waals surface area contributed by atoms with Gasteiger partial charge in [-0.1, -0.05) is 51.7 Å². The predicted octanol–water partition coefficient (Wildman–Crippen LogP) is 4.04. The predicted molar refractivity (Wildman–Crippen MR) is 72.2 cm³/mol. The summed E-state index contributed by atoms with van der Waals surface area (Å²) in [4.78, 5) is 2.32. The van der Waals surface area contributed by atoms with Crippen molar-refractivity contribution < 1.29 is 0 Å². The van der Waals surface area contributed by atoms with E-state index >= 15 is 0 Å². The second kappa shape index (κ2) is 13.2. The van der Waals surface area contributed by atoms with Crippen LogP contribution in [0, 0.1) is 0 Å². The summed E-state index contributed by atoms with van der Waals surface area (Å²) in [6.45, 7) is 14.1. The Labute approximate surface area is 96.2 Å². The molecule has 0 bridgehead atoms. The van der Waals surface area contributed by atoms with Gasteiger partial charge in [-0.25, -0.2) is 0 Å². The minimum atomic E-state index is 1.02. The lowest BCUT2D eigenvalue weighted by Gasteiger charge is -2.15. The van der Waals surface area contributed by atoms with Crippen molar-refractivity contribution in [1.29, 1.82) is 0 Å². The van der Waals surface area contributed by atoms with Crippen molar-refractivity contribution in [3.05, 3.63) is 36.5 Å². The van der Waals surface area contributed by atoms with E-state index in [4.69, 9.17) is 0 Å². The largest absolute Gasteiger partial charge is 0.302 e. The van der Waals surface area contributed by atoms with Crippen LogP contribution in [0.3, 0.4) is 0 Å². The molecule has 0 saturated carbocycles. The summed E-state index contributed by atoms with van der Waals surface area (Å²) in [5.74, 6) is 0. The standard InChI is InChI=1S/C12H21N.C2H6/c1-5-8-9-12(7-3)11-13(4)10-6-2;1-2/h5,7-9H,1,6,10-11H2,2-4H3;1-2H3/b9-8-,12-7+;. The molecule has 0 aromatic heterocycles. The van der Waals surface area contributed by atoms with Crippen molar-refractivity contribution in [2.24, 2.45) is 0 Å². The third kappa shape index (κ3) is 11.1. The molecule has 0 fully saturated rings. The zero-order chi connectivity index (χ0) is 12.1. The highest BCUT2D eigenvalue weighted by atomic mass is 15.1. The first-order chi connectivity index (χ1) is 7.24. The van der Waals surface area contributed by atoms with Crippen LogP contribution in [-0.4, -0.2) is 25.0 Å². The summed E-state index contributed by atoms with van der Waals surface area (Å²) in [5, 5.41) is 0. The SMILES string of the molecule is C=C/C=C\C(=C/C)CN(C)CCC.CC. The second-order valence-corrected chi connectivity index (χ2v) is 3.20. The van der Waals surface area contributed by atoms with E-state index in [1.54, 1.807) is 0 Å². The first kappa shape index (κ1) is 16.6. The number of allylic oxidation sites excluding steroid dienone is 3. The molecular formula is C14H27N. The van der Waals surface area contributed by atoms with Gasteiger partial charge in [-0.2, -0.15) is 0 Å². The van der Waals surface area contributed by atoms with Gasteiger partial charge in [0.1, 0.15) is 0 Å². The number of hydrogen-bond acceptors (Lipinski definition) is 1. The average Bonchev–Trinajstić information content (AvgIpc) is 2.27. The number of nitrogens with zero attached hydrogens (tertiary/aromatic N) is 1. The molecule has 0 aliphatic heterocycles. The normalized spacial score (nSPS) is 11.5. The van der Waals surface area contributed by atoms with Gasteiger partial charge in [-0.05, 0) is 32.5 Å².